The van der Waals surface area contributed by atoms with Crippen LogP contribution in [0.4, 0.5) is 0 Å². The lowest BCUT2D eigenvalue weighted by Gasteiger charge is -1.95. The van der Waals surface area contributed by atoms with Gasteiger partial charge in [0.15, 0.2) is 0 Å². The zero-order valence-corrected chi connectivity index (χ0v) is 7.93. The van der Waals surface area contributed by atoms with E-state index in [-0.39, 0.29) is 12.2 Å². The summed E-state index contributed by atoms with van der Waals surface area (Å²) >= 11 is 0. The first-order valence-corrected chi connectivity index (χ1v) is 4.57. The molecule has 78 valence electrons. The molecule has 4 nitrogen and oxygen atoms in total. The van der Waals surface area contributed by atoms with Crippen LogP contribution in [0.3, 0.4) is 0 Å². The van der Waals surface area contributed by atoms with Crippen LogP contribution in [0.15, 0.2) is 28.9 Å². The average molecular weight is 206 g/mol. The van der Waals surface area contributed by atoms with Crippen LogP contribution in [0.1, 0.15) is 12.0 Å². The minimum absolute atomic E-state index is 0.0789. The maximum Gasteiger partial charge on any atom is 0.303 e. The van der Waals surface area contributed by atoms with Crippen molar-refractivity contribution >= 4 is 16.9 Å². The van der Waals surface area contributed by atoms with E-state index in [0.717, 1.165) is 10.9 Å². The van der Waals surface area contributed by atoms with Gasteiger partial charge in [0.25, 0.3) is 0 Å². The molecular weight excluding hydrogens is 196 g/mol. The summed E-state index contributed by atoms with van der Waals surface area (Å²) in [5, 5.41) is 18.6. The molecule has 1 aromatic heterocycles. The van der Waals surface area contributed by atoms with Crippen LogP contribution in [-0.2, 0) is 11.2 Å². The zero-order chi connectivity index (χ0) is 10.8. The molecule has 0 saturated carbocycles. The molecule has 0 aliphatic heterocycles. The minimum atomic E-state index is -0.830. The van der Waals surface area contributed by atoms with Gasteiger partial charge in [-0.15, -0.1) is 0 Å². The molecule has 15 heavy (non-hydrogen) atoms. The first-order valence-electron chi connectivity index (χ1n) is 4.57. The highest BCUT2D eigenvalue weighted by molar-refractivity contribution is 5.82. The van der Waals surface area contributed by atoms with E-state index in [9.17, 15) is 9.90 Å². The number of aryl methyl sites for hydroxylation is 1. The highest BCUT2D eigenvalue weighted by Gasteiger charge is 2.07. The van der Waals surface area contributed by atoms with E-state index in [1.165, 1.54) is 12.3 Å². The summed E-state index contributed by atoms with van der Waals surface area (Å²) in [6.45, 7) is 0. The fourth-order valence-corrected chi connectivity index (χ4v) is 1.51. The van der Waals surface area contributed by atoms with Crippen LogP contribution >= 0.6 is 0 Å². The van der Waals surface area contributed by atoms with Gasteiger partial charge in [-0.05, 0) is 24.1 Å². The first-order chi connectivity index (χ1) is 7.16. The summed E-state index contributed by atoms with van der Waals surface area (Å²) in [5.74, 6) is -0.690. The summed E-state index contributed by atoms with van der Waals surface area (Å²) in [5.41, 5.74) is 1.43. The number of fused-ring (bicyclic) bond motifs is 1. The molecule has 2 rings (SSSR count). The maximum absolute atomic E-state index is 10.4. The Morgan fingerprint density at radius 2 is 2.20 bits per heavy atom. The fraction of sp³-hybridized carbons (Fsp3) is 0.182. The zero-order valence-electron chi connectivity index (χ0n) is 7.93. The number of phenols is 1. The molecule has 1 heterocycles. The molecule has 0 aliphatic carbocycles. The van der Waals surface area contributed by atoms with Gasteiger partial charge in [-0.1, -0.05) is 0 Å². The largest absolute Gasteiger partial charge is 0.508 e. The third kappa shape index (κ3) is 1.93. The highest BCUT2D eigenvalue weighted by atomic mass is 16.4. The van der Waals surface area contributed by atoms with Crippen LogP contribution in [0.2, 0.25) is 0 Å². The number of hydrogen-bond donors (Lipinski definition) is 2. The van der Waals surface area contributed by atoms with Crippen molar-refractivity contribution in [3.8, 4) is 5.75 Å². The molecule has 0 saturated heterocycles. The Morgan fingerprint density at radius 1 is 1.40 bits per heavy atom. The van der Waals surface area contributed by atoms with Gasteiger partial charge in [-0.2, -0.15) is 0 Å². The SMILES string of the molecule is O=C(O)CCc1coc2cc(O)ccc12. The Morgan fingerprint density at radius 3 is 2.93 bits per heavy atom. The molecule has 0 spiro atoms. The minimum Gasteiger partial charge on any atom is -0.508 e. The van der Waals surface area contributed by atoms with Gasteiger partial charge >= 0.3 is 5.97 Å². The number of benzene rings is 1. The molecule has 0 amide bonds. The number of furan rings is 1. The number of phenolic OH excluding ortho intramolecular Hbond substituents is 1. The number of aromatic hydroxyl groups is 1. The van der Waals surface area contributed by atoms with Gasteiger partial charge < -0.3 is 14.6 Å². The van der Waals surface area contributed by atoms with Crippen molar-refractivity contribution in [3.63, 3.8) is 0 Å². The van der Waals surface area contributed by atoms with Gasteiger partial charge in [0, 0.05) is 17.9 Å². The number of hydrogen-bond acceptors (Lipinski definition) is 3. The van der Waals surface area contributed by atoms with E-state index in [0.29, 0.717) is 12.0 Å². The van der Waals surface area contributed by atoms with Crippen LogP contribution < -0.4 is 0 Å². The molecule has 0 unspecified atom stereocenters. The lowest BCUT2D eigenvalue weighted by atomic mass is 10.1. The van der Waals surface area contributed by atoms with Gasteiger partial charge in [-0.3, -0.25) is 4.79 Å². The van der Waals surface area contributed by atoms with Gasteiger partial charge in [0.2, 0.25) is 0 Å². The first kappa shape index (κ1) is 9.58. The van der Waals surface area contributed by atoms with E-state index in [4.69, 9.17) is 9.52 Å². The Kier molecular flexibility index (Phi) is 2.33. The van der Waals surface area contributed by atoms with Crippen LogP contribution in [0, 0.1) is 0 Å². The third-order valence-corrected chi connectivity index (χ3v) is 2.25. The summed E-state index contributed by atoms with van der Waals surface area (Å²) in [4.78, 5) is 10.4. The van der Waals surface area contributed by atoms with Crippen molar-refractivity contribution in [1.82, 2.24) is 0 Å². The van der Waals surface area contributed by atoms with E-state index >= 15 is 0 Å². The number of rotatable bonds is 3. The lowest BCUT2D eigenvalue weighted by Crippen LogP contribution is -1.96. The molecule has 1 aromatic carbocycles. The Bertz CT molecular complexity index is 498. The molecule has 2 aromatic rings. The second kappa shape index (κ2) is 3.65. The highest BCUT2D eigenvalue weighted by Crippen LogP contribution is 2.25. The van der Waals surface area contributed by atoms with Gasteiger partial charge in [0.05, 0.1) is 6.26 Å². The summed E-state index contributed by atoms with van der Waals surface area (Å²) in [7, 11) is 0. The van der Waals surface area contributed by atoms with Crippen molar-refractivity contribution in [2.75, 3.05) is 0 Å². The maximum atomic E-state index is 10.4. The van der Waals surface area contributed by atoms with Crippen LogP contribution in [0.25, 0.3) is 11.0 Å². The quantitative estimate of drug-likeness (QED) is 0.807. The molecule has 0 radical (unpaired) electrons. The fourth-order valence-electron chi connectivity index (χ4n) is 1.51. The van der Waals surface area contributed by atoms with Crippen molar-refractivity contribution in [3.05, 3.63) is 30.0 Å². The number of aliphatic carboxylic acids is 1. The number of carbonyl (C=O) groups is 1. The van der Waals surface area contributed by atoms with Crippen LogP contribution in [0.5, 0.6) is 5.75 Å². The molecular formula is C11H10O4. The predicted molar refractivity (Wildman–Crippen MR) is 53.8 cm³/mol. The molecule has 4 heteroatoms. The third-order valence-electron chi connectivity index (χ3n) is 2.25. The van der Waals surface area contributed by atoms with E-state index in [1.807, 2.05) is 0 Å². The summed E-state index contributed by atoms with van der Waals surface area (Å²) in [6.07, 6.45) is 2.05. The molecule has 0 aliphatic rings. The number of carboxylic acids is 1. The lowest BCUT2D eigenvalue weighted by molar-refractivity contribution is -0.136. The summed E-state index contributed by atoms with van der Waals surface area (Å²) < 4.78 is 5.21. The summed E-state index contributed by atoms with van der Waals surface area (Å²) in [6, 6.07) is 4.80. The monoisotopic (exact) mass is 206 g/mol. The van der Waals surface area contributed by atoms with Gasteiger partial charge in [0.1, 0.15) is 11.3 Å². The van der Waals surface area contributed by atoms with E-state index in [2.05, 4.69) is 0 Å². The van der Waals surface area contributed by atoms with Crippen molar-refractivity contribution in [2.24, 2.45) is 0 Å². The van der Waals surface area contributed by atoms with Crippen LogP contribution in [-0.4, -0.2) is 16.2 Å². The smallest absolute Gasteiger partial charge is 0.303 e. The van der Waals surface area contributed by atoms with Gasteiger partial charge in [-0.25, -0.2) is 0 Å². The van der Waals surface area contributed by atoms with Crippen molar-refractivity contribution in [2.45, 2.75) is 12.8 Å². The molecule has 2 N–H and O–H groups in total. The average Bonchev–Trinajstić information content (AvgIpc) is 2.57. The second-order valence-electron chi connectivity index (χ2n) is 3.34. The predicted octanol–water partition coefficient (Wildman–Crippen LogP) is 2.16. The van der Waals surface area contributed by atoms with E-state index in [1.54, 1.807) is 12.1 Å². The normalized spacial score (nSPS) is 10.7. The Labute approximate surface area is 85.8 Å². The second-order valence-corrected chi connectivity index (χ2v) is 3.34. The standard InChI is InChI=1S/C11H10O4/c12-8-2-3-9-7(1-4-11(13)14)6-15-10(9)5-8/h2-3,5-6,12H,1,4H2,(H,13,14). The van der Waals surface area contributed by atoms with E-state index < -0.39 is 5.97 Å². The topological polar surface area (TPSA) is 70.7 Å². The Balaban J connectivity index is 2.32. The van der Waals surface area contributed by atoms with Crippen molar-refractivity contribution in [1.29, 1.82) is 0 Å². The molecule has 0 fully saturated rings. The molecule has 0 atom stereocenters. The molecule has 0 bridgehead atoms. The number of carboxylic acid groups (broad SMARTS) is 1. The van der Waals surface area contributed by atoms with Crippen molar-refractivity contribution < 1.29 is 19.4 Å². The Hall–Kier alpha value is -1.97.